The highest BCUT2D eigenvalue weighted by Crippen LogP contribution is 2.39. The van der Waals surface area contributed by atoms with Gasteiger partial charge in [0.2, 0.25) is 0 Å². The summed E-state index contributed by atoms with van der Waals surface area (Å²) in [5.74, 6) is 1.88. The quantitative estimate of drug-likeness (QED) is 0.837. The van der Waals surface area contributed by atoms with E-state index in [1.807, 2.05) is 6.07 Å². The second-order valence-corrected chi connectivity index (χ2v) is 6.81. The molecule has 22 heavy (non-hydrogen) atoms. The summed E-state index contributed by atoms with van der Waals surface area (Å²) < 4.78 is 2.41. The number of hydrogen-bond donors (Lipinski definition) is 0. The van der Waals surface area contributed by atoms with Gasteiger partial charge in [0.05, 0.1) is 0 Å². The van der Waals surface area contributed by atoms with Gasteiger partial charge in [-0.2, -0.15) is 5.26 Å². The van der Waals surface area contributed by atoms with E-state index in [1.54, 1.807) is 7.05 Å². The predicted octanol–water partition coefficient (Wildman–Crippen LogP) is 1.07. The van der Waals surface area contributed by atoms with Gasteiger partial charge in [-0.25, -0.2) is 4.79 Å². The van der Waals surface area contributed by atoms with Crippen molar-refractivity contribution in [3.63, 3.8) is 0 Å². The van der Waals surface area contributed by atoms with Gasteiger partial charge in [0.15, 0.2) is 5.56 Å². The van der Waals surface area contributed by atoms with Crippen LogP contribution in [-0.4, -0.2) is 21.7 Å². The van der Waals surface area contributed by atoms with Crippen LogP contribution in [-0.2, 0) is 14.1 Å². The fourth-order valence-corrected chi connectivity index (χ4v) is 3.50. The first-order valence-electron chi connectivity index (χ1n) is 7.69. The first kappa shape index (κ1) is 16.3. The molecule has 2 atom stereocenters. The van der Waals surface area contributed by atoms with Crippen molar-refractivity contribution in [2.75, 3.05) is 11.4 Å². The van der Waals surface area contributed by atoms with Crippen LogP contribution >= 0.6 is 0 Å². The Labute approximate surface area is 130 Å². The lowest BCUT2D eigenvalue weighted by molar-refractivity contribution is 0.174. The monoisotopic (exact) mass is 304 g/mol. The molecular formula is C16H24N4O2. The molecular weight excluding hydrogens is 280 g/mol. The highest BCUT2D eigenvalue weighted by Gasteiger charge is 2.44. The number of nitrogens with zero attached hydrogens (tertiary/aromatic N) is 4. The van der Waals surface area contributed by atoms with Gasteiger partial charge < -0.3 is 4.90 Å². The van der Waals surface area contributed by atoms with E-state index in [9.17, 15) is 14.9 Å². The maximum absolute atomic E-state index is 12.2. The van der Waals surface area contributed by atoms with Crippen molar-refractivity contribution in [2.24, 2.45) is 31.8 Å². The molecule has 0 aliphatic carbocycles. The van der Waals surface area contributed by atoms with E-state index in [2.05, 4.69) is 32.6 Å². The average Bonchev–Trinajstić information content (AvgIpc) is 2.40. The molecule has 120 valence electrons. The molecule has 1 saturated heterocycles. The number of anilines is 1. The maximum atomic E-state index is 12.2. The third kappa shape index (κ3) is 2.25. The number of hydrogen-bond acceptors (Lipinski definition) is 4. The Morgan fingerprint density at radius 3 is 2.14 bits per heavy atom. The summed E-state index contributed by atoms with van der Waals surface area (Å²) in [5, 5.41) is 9.40. The summed E-state index contributed by atoms with van der Waals surface area (Å²) in [4.78, 5) is 26.5. The van der Waals surface area contributed by atoms with E-state index in [1.165, 1.54) is 11.6 Å². The molecule has 6 heteroatoms. The van der Waals surface area contributed by atoms with Gasteiger partial charge >= 0.3 is 5.69 Å². The van der Waals surface area contributed by atoms with Crippen molar-refractivity contribution in [1.29, 1.82) is 5.26 Å². The van der Waals surface area contributed by atoms with E-state index in [0.29, 0.717) is 23.6 Å². The zero-order chi connectivity index (χ0) is 16.8. The van der Waals surface area contributed by atoms with Gasteiger partial charge in [-0.3, -0.25) is 13.9 Å². The molecule has 0 aromatic carbocycles. The van der Waals surface area contributed by atoms with E-state index < -0.39 is 11.2 Å². The lowest BCUT2D eigenvalue weighted by Gasteiger charge is -2.54. The molecule has 0 amide bonds. The fraction of sp³-hybridized carbons (Fsp3) is 0.688. The average molecular weight is 304 g/mol. The summed E-state index contributed by atoms with van der Waals surface area (Å²) in [6.07, 6.45) is 0. The van der Waals surface area contributed by atoms with Gasteiger partial charge in [0, 0.05) is 26.7 Å². The van der Waals surface area contributed by atoms with Crippen molar-refractivity contribution < 1.29 is 0 Å². The fourth-order valence-electron chi connectivity index (χ4n) is 3.50. The van der Waals surface area contributed by atoms with Crippen LogP contribution in [0, 0.1) is 29.1 Å². The number of rotatable bonds is 3. The Hall–Kier alpha value is -2.03. The second kappa shape index (κ2) is 5.64. The molecule has 2 unspecified atom stereocenters. The topological polar surface area (TPSA) is 71.0 Å². The summed E-state index contributed by atoms with van der Waals surface area (Å²) in [7, 11) is 3.03. The predicted molar refractivity (Wildman–Crippen MR) is 85.9 cm³/mol. The first-order valence-corrected chi connectivity index (χ1v) is 7.69. The minimum absolute atomic E-state index is 0.0532. The van der Waals surface area contributed by atoms with Gasteiger partial charge in [-0.05, 0) is 17.8 Å². The van der Waals surface area contributed by atoms with Crippen molar-refractivity contribution in [1.82, 2.24) is 9.13 Å². The molecule has 2 rings (SSSR count). The van der Waals surface area contributed by atoms with Gasteiger partial charge in [-0.1, -0.05) is 27.7 Å². The Kier molecular flexibility index (Phi) is 4.19. The van der Waals surface area contributed by atoms with Crippen LogP contribution in [0.2, 0.25) is 0 Å². The summed E-state index contributed by atoms with van der Waals surface area (Å²) in [6, 6.07) is 2.23. The van der Waals surface area contributed by atoms with Crippen LogP contribution in [0.4, 0.5) is 5.82 Å². The lowest BCUT2D eigenvalue weighted by atomic mass is 9.74. The largest absolute Gasteiger partial charge is 0.353 e. The summed E-state index contributed by atoms with van der Waals surface area (Å²) in [6.45, 7) is 9.42. The van der Waals surface area contributed by atoms with E-state index in [-0.39, 0.29) is 11.6 Å². The van der Waals surface area contributed by atoms with E-state index in [4.69, 9.17) is 0 Å². The molecule has 0 N–H and O–H groups in total. The molecule has 1 aliphatic heterocycles. The van der Waals surface area contributed by atoms with Crippen LogP contribution in [0.25, 0.3) is 0 Å². The zero-order valence-electron chi connectivity index (χ0n) is 14.1. The molecule has 0 saturated carbocycles. The molecule has 0 spiro atoms. The summed E-state index contributed by atoms with van der Waals surface area (Å²) >= 11 is 0. The van der Waals surface area contributed by atoms with Crippen LogP contribution < -0.4 is 16.1 Å². The summed E-state index contributed by atoms with van der Waals surface area (Å²) in [5.41, 5.74) is -0.858. The van der Waals surface area contributed by atoms with E-state index >= 15 is 0 Å². The van der Waals surface area contributed by atoms with Crippen LogP contribution in [0.5, 0.6) is 0 Å². The third-order valence-corrected chi connectivity index (χ3v) is 4.76. The molecule has 1 aromatic rings. The van der Waals surface area contributed by atoms with E-state index in [0.717, 1.165) is 11.1 Å². The van der Waals surface area contributed by atoms with Crippen LogP contribution in [0.15, 0.2) is 9.59 Å². The van der Waals surface area contributed by atoms with Crippen molar-refractivity contribution >= 4 is 5.82 Å². The van der Waals surface area contributed by atoms with Crippen molar-refractivity contribution in [2.45, 2.75) is 33.7 Å². The van der Waals surface area contributed by atoms with Gasteiger partial charge in [-0.15, -0.1) is 0 Å². The van der Waals surface area contributed by atoms with Crippen LogP contribution in [0.1, 0.15) is 33.3 Å². The number of nitriles is 1. The second-order valence-electron chi connectivity index (χ2n) is 6.81. The Morgan fingerprint density at radius 1 is 1.09 bits per heavy atom. The molecule has 0 radical (unpaired) electrons. The Balaban J connectivity index is 2.62. The molecule has 0 bridgehead atoms. The van der Waals surface area contributed by atoms with Crippen molar-refractivity contribution in [3.05, 3.63) is 26.4 Å². The minimum Gasteiger partial charge on any atom is -0.353 e. The van der Waals surface area contributed by atoms with Crippen molar-refractivity contribution in [3.8, 4) is 6.07 Å². The Morgan fingerprint density at radius 2 is 1.68 bits per heavy atom. The highest BCUT2D eigenvalue weighted by atomic mass is 16.2. The molecule has 1 aliphatic rings. The maximum Gasteiger partial charge on any atom is 0.332 e. The zero-order valence-corrected chi connectivity index (χ0v) is 14.1. The van der Waals surface area contributed by atoms with Gasteiger partial charge in [0.1, 0.15) is 11.9 Å². The lowest BCUT2D eigenvalue weighted by Crippen LogP contribution is -2.62. The highest BCUT2D eigenvalue weighted by molar-refractivity contribution is 5.56. The Bertz CT molecular complexity index is 736. The number of aromatic nitrogens is 2. The molecule has 6 nitrogen and oxygen atoms in total. The first-order chi connectivity index (χ1) is 10.2. The molecule has 2 heterocycles. The standard InChI is InChI=1S/C16H24N4O2/c1-9(2)12-8-20(13(12)10(3)4)14-11(7-17)15(21)19(6)16(22)18(14)5/h9-10,12-13H,8H2,1-6H3. The third-order valence-electron chi connectivity index (χ3n) is 4.76. The molecule has 1 fully saturated rings. The van der Waals surface area contributed by atoms with Crippen LogP contribution in [0.3, 0.4) is 0 Å². The molecule has 1 aromatic heterocycles. The van der Waals surface area contributed by atoms with Gasteiger partial charge in [0.25, 0.3) is 5.56 Å². The SMILES string of the molecule is CC(C)C1CN(c2c(C#N)c(=O)n(C)c(=O)n2C)C1C(C)C. The minimum atomic E-state index is -0.517. The normalized spacial score (nSPS) is 21.1. The smallest absolute Gasteiger partial charge is 0.332 e.